The van der Waals surface area contributed by atoms with E-state index in [0.717, 1.165) is 25.0 Å². The Hall–Kier alpha value is -2.87. The summed E-state index contributed by atoms with van der Waals surface area (Å²) in [5.41, 5.74) is -2.68. The minimum absolute atomic E-state index is 0.0172. The molecule has 4 N–H and O–H groups in total. The van der Waals surface area contributed by atoms with E-state index in [2.05, 4.69) is 14.2 Å². The number of hydrogen-bond acceptors (Lipinski definition) is 15. The van der Waals surface area contributed by atoms with Crippen LogP contribution in [0.4, 0.5) is 0 Å². The molecule has 0 spiro atoms. The van der Waals surface area contributed by atoms with Gasteiger partial charge in [0.2, 0.25) is 30.1 Å². The zero-order chi connectivity index (χ0) is 50.6. The smallest absolute Gasteiger partial charge is 0.241 e. The lowest BCUT2D eigenvalue weighted by atomic mass is 9.94. The van der Waals surface area contributed by atoms with Crippen LogP contribution in [0.25, 0.3) is 32.3 Å². The number of methoxy groups -OCH3 is 2. The third-order valence-corrected chi connectivity index (χ3v) is 15.8. The summed E-state index contributed by atoms with van der Waals surface area (Å²) in [7, 11) is -10.1. The molecule has 4 aromatic carbocycles. The van der Waals surface area contributed by atoms with Crippen LogP contribution in [0.5, 0.6) is 5.75 Å². The standard InChI is InChI=1S/C47H75N3O15S3/c1-12-22-60-31-44(3,4)62-24-19-50-68(56,57)41-30-40(67(54,55)49-20-25-63-45(5,6)32-61-28-27-59-11)36-15-14-34-38(51)29-39(35-16-17-37(41)43(36)42(34)35)66(52,53)48-21-26-64-46(7,8)33-65-47(9,13-2)18-23-58-10/h14-17,29-30,48-51H,12-13,18-28,31-33H2,1-11H3. The Morgan fingerprint density at radius 1 is 0.500 bits per heavy atom. The van der Waals surface area contributed by atoms with Crippen LogP contribution in [-0.4, -0.2) is 153 Å². The van der Waals surface area contributed by atoms with Crippen molar-refractivity contribution in [2.45, 2.75) is 119 Å². The van der Waals surface area contributed by atoms with Gasteiger partial charge in [-0.3, -0.25) is 0 Å². The van der Waals surface area contributed by atoms with Crippen molar-refractivity contribution in [1.82, 2.24) is 14.2 Å². The van der Waals surface area contributed by atoms with Crippen molar-refractivity contribution in [2.75, 3.05) is 99.9 Å². The van der Waals surface area contributed by atoms with Gasteiger partial charge in [-0.25, -0.2) is 39.4 Å². The van der Waals surface area contributed by atoms with Crippen molar-refractivity contribution in [1.29, 1.82) is 0 Å². The summed E-state index contributed by atoms with van der Waals surface area (Å²) in [6, 6.07) is 8.03. The Labute approximate surface area is 403 Å². The van der Waals surface area contributed by atoms with E-state index >= 15 is 0 Å². The molecule has 0 fully saturated rings. The number of benzene rings is 4. The number of sulfonamides is 3. The van der Waals surface area contributed by atoms with Gasteiger partial charge in [0.05, 0.1) is 89.9 Å². The SMILES string of the molecule is CCCOCC(C)(C)OCCNS(=O)(=O)c1cc(S(=O)(=O)NCCOC(C)(C)COCCOC)c2ccc3c(O)cc(S(=O)(=O)NCCOC(C)(C)COC(C)(CC)CCOC)c4ccc1c2c34. The maximum atomic E-state index is 14.3. The number of nitrogens with one attached hydrogen (secondary N) is 3. The summed E-state index contributed by atoms with van der Waals surface area (Å²) in [4.78, 5) is -1.08. The molecule has 1 atom stereocenters. The molecule has 0 aromatic heterocycles. The van der Waals surface area contributed by atoms with Crippen molar-refractivity contribution in [3.8, 4) is 5.75 Å². The van der Waals surface area contributed by atoms with Crippen LogP contribution in [0.2, 0.25) is 0 Å². The molecule has 68 heavy (non-hydrogen) atoms. The highest BCUT2D eigenvalue weighted by Crippen LogP contribution is 2.45. The molecule has 0 aliphatic rings. The van der Waals surface area contributed by atoms with E-state index in [1.807, 2.05) is 48.5 Å². The van der Waals surface area contributed by atoms with Gasteiger partial charge in [0.15, 0.2) is 0 Å². The Morgan fingerprint density at radius 2 is 0.897 bits per heavy atom. The highest BCUT2D eigenvalue weighted by molar-refractivity contribution is 7.90. The van der Waals surface area contributed by atoms with E-state index in [1.165, 1.54) is 24.3 Å². The first kappa shape index (κ1) is 57.7. The molecule has 4 aromatic rings. The van der Waals surface area contributed by atoms with Crippen LogP contribution >= 0.6 is 0 Å². The fourth-order valence-electron chi connectivity index (χ4n) is 7.35. The summed E-state index contributed by atoms with van der Waals surface area (Å²) in [6.45, 7) is 18.9. The van der Waals surface area contributed by atoms with Gasteiger partial charge in [-0.2, -0.15) is 0 Å². The van der Waals surface area contributed by atoms with Crippen LogP contribution in [0.1, 0.15) is 81.6 Å². The molecule has 0 saturated carbocycles. The monoisotopic (exact) mass is 1020 g/mol. The van der Waals surface area contributed by atoms with Crippen LogP contribution < -0.4 is 14.2 Å². The van der Waals surface area contributed by atoms with Crippen molar-refractivity contribution < 1.29 is 68.3 Å². The van der Waals surface area contributed by atoms with Crippen molar-refractivity contribution >= 4 is 62.4 Å². The molecule has 0 radical (unpaired) electrons. The summed E-state index contributed by atoms with van der Waals surface area (Å²) < 4.78 is 139. The Kier molecular flexibility index (Phi) is 20.8. The van der Waals surface area contributed by atoms with Crippen LogP contribution in [0.15, 0.2) is 51.1 Å². The molecule has 0 aliphatic heterocycles. The lowest BCUT2D eigenvalue weighted by Gasteiger charge is -2.34. The Morgan fingerprint density at radius 3 is 1.32 bits per heavy atom. The Balaban J connectivity index is 1.72. The maximum absolute atomic E-state index is 14.3. The van der Waals surface area contributed by atoms with E-state index in [1.54, 1.807) is 28.1 Å². The molecule has 1 unspecified atom stereocenters. The topological polar surface area (TPSA) is 233 Å². The van der Waals surface area contributed by atoms with E-state index in [9.17, 15) is 30.4 Å². The van der Waals surface area contributed by atoms with Crippen molar-refractivity contribution in [2.24, 2.45) is 0 Å². The average Bonchev–Trinajstić information content (AvgIpc) is 3.27. The highest BCUT2D eigenvalue weighted by atomic mass is 32.2. The molecule has 18 nitrogen and oxygen atoms in total. The predicted octanol–water partition coefficient (Wildman–Crippen LogP) is 5.82. The van der Waals surface area contributed by atoms with Gasteiger partial charge in [0.25, 0.3) is 0 Å². The third-order valence-electron chi connectivity index (χ3n) is 11.3. The molecule has 386 valence electrons. The van der Waals surface area contributed by atoms with E-state index < -0.39 is 58.2 Å². The normalized spacial score (nSPS) is 14.5. The first-order valence-corrected chi connectivity index (χ1v) is 27.4. The van der Waals surface area contributed by atoms with E-state index in [4.69, 9.17) is 37.9 Å². The molecule has 0 bridgehead atoms. The van der Waals surface area contributed by atoms with Gasteiger partial charge in [-0.15, -0.1) is 0 Å². The molecular formula is C47H75N3O15S3. The van der Waals surface area contributed by atoms with Crippen molar-refractivity contribution in [3.63, 3.8) is 0 Å². The second-order valence-electron chi connectivity index (χ2n) is 18.8. The maximum Gasteiger partial charge on any atom is 0.241 e. The largest absolute Gasteiger partial charge is 0.507 e. The lowest BCUT2D eigenvalue weighted by Crippen LogP contribution is -2.40. The number of ether oxygens (including phenoxy) is 8. The minimum Gasteiger partial charge on any atom is -0.507 e. The first-order chi connectivity index (χ1) is 31.8. The molecule has 0 saturated heterocycles. The molecule has 0 heterocycles. The number of phenols is 1. The molecule has 4 rings (SSSR count). The summed E-state index contributed by atoms with van der Waals surface area (Å²) >= 11 is 0. The fourth-order valence-corrected chi connectivity index (χ4v) is 11.1. The van der Waals surface area contributed by atoms with Gasteiger partial charge < -0.3 is 43.0 Å². The lowest BCUT2D eigenvalue weighted by molar-refractivity contribution is -0.131. The number of hydrogen-bond donors (Lipinski definition) is 4. The number of phenolic OH excluding ortho intramolecular Hbond substituents is 1. The first-order valence-electron chi connectivity index (χ1n) is 22.9. The number of rotatable bonds is 34. The second-order valence-corrected chi connectivity index (χ2v) is 24.0. The van der Waals surface area contributed by atoms with Gasteiger partial charge >= 0.3 is 0 Å². The Bertz CT molecular complexity index is 2590. The van der Waals surface area contributed by atoms with E-state index in [-0.39, 0.29) is 106 Å². The summed E-state index contributed by atoms with van der Waals surface area (Å²) in [6.07, 6.45) is 2.27. The predicted molar refractivity (Wildman–Crippen MR) is 262 cm³/mol. The molecule has 0 amide bonds. The van der Waals surface area contributed by atoms with Gasteiger partial charge in [0.1, 0.15) is 5.75 Å². The average molecular weight is 1020 g/mol. The molecule has 21 heteroatoms. The van der Waals surface area contributed by atoms with Crippen LogP contribution in [0, 0.1) is 0 Å². The summed E-state index contributed by atoms with van der Waals surface area (Å²) in [5.74, 6) is -0.420. The minimum atomic E-state index is -4.49. The van der Waals surface area contributed by atoms with E-state index in [0.29, 0.717) is 32.8 Å². The quantitative estimate of drug-likeness (QED) is 0.0319. The zero-order valence-corrected chi connectivity index (χ0v) is 44.1. The van der Waals surface area contributed by atoms with Gasteiger partial charge in [-0.05, 0) is 79.9 Å². The van der Waals surface area contributed by atoms with Crippen molar-refractivity contribution in [3.05, 3.63) is 36.4 Å². The van der Waals surface area contributed by atoms with Gasteiger partial charge in [-0.1, -0.05) is 32.0 Å². The van der Waals surface area contributed by atoms with Gasteiger partial charge in [0, 0.05) is 85.5 Å². The van der Waals surface area contributed by atoms with Crippen LogP contribution in [0.3, 0.4) is 0 Å². The number of aromatic hydroxyl groups is 1. The second kappa shape index (κ2) is 24.5. The molecule has 0 aliphatic carbocycles. The fraction of sp³-hybridized carbons (Fsp3) is 0.660. The van der Waals surface area contributed by atoms with Crippen LogP contribution in [-0.2, 0) is 68.0 Å². The molecular weight excluding hydrogens is 943 g/mol. The zero-order valence-electron chi connectivity index (χ0n) is 41.7. The third kappa shape index (κ3) is 15.8. The summed E-state index contributed by atoms with van der Waals surface area (Å²) in [5, 5.41) is 12.2. The highest BCUT2D eigenvalue weighted by Gasteiger charge is 2.32.